The number of rotatable bonds is 7. The molecule has 0 aromatic heterocycles. The number of hydrogen-bond donors (Lipinski definition) is 4. The van der Waals surface area contributed by atoms with E-state index in [4.69, 9.17) is 4.74 Å². The first-order valence-electron chi connectivity index (χ1n) is 9.30. The van der Waals surface area contributed by atoms with Crippen LogP contribution in [0, 0.1) is 0 Å². The normalized spacial score (nSPS) is 28.9. The standard InChI is InChI=1S/C21H31NO5/c1-5-14-7-9-15(10-8-14)11-13(3)22(4)16(6-2)21-20(26)19(25)18(24)17(12-23)27-21/h6-10,17-21,23-26H,3,5,11-12H2,1-2,4H3/b16-6-/t17?,18-,19?,20-,21+/m1/s1. The highest BCUT2D eigenvalue weighted by molar-refractivity contribution is 5.27. The molecule has 0 aliphatic carbocycles. The number of aliphatic hydroxyl groups is 4. The van der Waals surface area contributed by atoms with E-state index in [1.54, 1.807) is 13.0 Å². The SMILES string of the molecule is C=C(Cc1ccc(CC)cc1)N(C)/C(=C\C)[C@@H]1OC(CO)[C@@H](O)C(O)[C@H]1O. The molecule has 150 valence electrons. The van der Waals surface area contributed by atoms with Crippen molar-refractivity contribution in [3.05, 3.63) is 59.4 Å². The summed E-state index contributed by atoms with van der Waals surface area (Å²) in [5.74, 6) is 0. The number of hydrogen-bond acceptors (Lipinski definition) is 6. The minimum atomic E-state index is -1.40. The molecule has 0 bridgehead atoms. The molecule has 1 aliphatic heterocycles. The van der Waals surface area contributed by atoms with Crippen molar-refractivity contribution < 1.29 is 25.2 Å². The lowest BCUT2D eigenvalue weighted by Gasteiger charge is -2.43. The Kier molecular flexibility index (Phi) is 7.59. The first-order valence-corrected chi connectivity index (χ1v) is 9.30. The van der Waals surface area contributed by atoms with Gasteiger partial charge in [0.25, 0.3) is 0 Å². The molecule has 1 aliphatic rings. The molecule has 5 atom stereocenters. The molecular weight excluding hydrogens is 346 g/mol. The summed E-state index contributed by atoms with van der Waals surface area (Å²) in [5.41, 5.74) is 3.80. The van der Waals surface area contributed by atoms with Crippen molar-refractivity contribution in [1.82, 2.24) is 4.90 Å². The van der Waals surface area contributed by atoms with E-state index in [-0.39, 0.29) is 0 Å². The van der Waals surface area contributed by atoms with Gasteiger partial charge in [0.05, 0.1) is 6.61 Å². The van der Waals surface area contributed by atoms with E-state index in [2.05, 4.69) is 37.8 Å². The van der Waals surface area contributed by atoms with Gasteiger partial charge in [-0.1, -0.05) is 43.8 Å². The van der Waals surface area contributed by atoms with E-state index >= 15 is 0 Å². The van der Waals surface area contributed by atoms with Crippen molar-refractivity contribution in [2.75, 3.05) is 13.7 Å². The average Bonchev–Trinajstić information content (AvgIpc) is 2.68. The summed E-state index contributed by atoms with van der Waals surface area (Å²) in [6.07, 6.45) is -2.52. The Morgan fingerprint density at radius 1 is 1.11 bits per heavy atom. The molecule has 2 unspecified atom stereocenters. The third-order valence-electron chi connectivity index (χ3n) is 5.18. The maximum absolute atomic E-state index is 10.4. The highest BCUT2D eigenvalue weighted by atomic mass is 16.5. The Labute approximate surface area is 161 Å². The minimum Gasteiger partial charge on any atom is -0.394 e. The molecule has 6 nitrogen and oxygen atoms in total. The molecule has 0 saturated carbocycles. The molecule has 0 spiro atoms. The van der Waals surface area contributed by atoms with E-state index in [0.29, 0.717) is 12.1 Å². The molecule has 0 radical (unpaired) electrons. The number of ether oxygens (including phenoxy) is 1. The van der Waals surface area contributed by atoms with Gasteiger partial charge in [-0.2, -0.15) is 0 Å². The van der Waals surface area contributed by atoms with E-state index in [9.17, 15) is 20.4 Å². The van der Waals surface area contributed by atoms with Crippen molar-refractivity contribution >= 4 is 0 Å². The summed E-state index contributed by atoms with van der Waals surface area (Å²) in [6.45, 7) is 7.60. The zero-order valence-electron chi connectivity index (χ0n) is 16.2. The molecular formula is C21H31NO5. The molecule has 1 aromatic rings. The fourth-order valence-electron chi connectivity index (χ4n) is 3.32. The van der Waals surface area contributed by atoms with Crippen LogP contribution < -0.4 is 0 Å². The molecule has 1 aromatic carbocycles. The monoisotopic (exact) mass is 377 g/mol. The van der Waals surface area contributed by atoms with Gasteiger partial charge in [0.2, 0.25) is 0 Å². The van der Waals surface area contributed by atoms with E-state index < -0.39 is 37.1 Å². The van der Waals surface area contributed by atoms with Crippen LogP contribution >= 0.6 is 0 Å². The third kappa shape index (κ3) is 4.78. The van der Waals surface area contributed by atoms with Gasteiger partial charge in [-0.25, -0.2) is 0 Å². The fourth-order valence-corrected chi connectivity index (χ4v) is 3.32. The van der Waals surface area contributed by atoms with Gasteiger partial charge in [-0.15, -0.1) is 0 Å². The third-order valence-corrected chi connectivity index (χ3v) is 5.18. The van der Waals surface area contributed by atoms with Crippen molar-refractivity contribution in [3.63, 3.8) is 0 Å². The van der Waals surface area contributed by atoms with Gasteiger partial charge >= 0.3 is 0 Å². The average molecular weight is 377 g/mol. The first kappa shape index (κ1) is 21.6. The Balaban J connectivity index is 2.13. The minimum absolute atomic E-state index is 0.452. The number of benzene rings is 1. The van der Waals surface area contributed by atoms with Crippen molar-refractivity contribution in [3.8, 4) is 0 Å². The second-order valence-corrected chi connectivity index (χ2v) is 6.94. The van der Waals surface area contributed by atoms with Crippen LogP contribution in [0.2, 0.25) is 0 Å². The Morgan fingerprint density at radius 2 is 1.70 bits per heavy atom. The smallest absolute Gasteiger partial charge is 0.126 e. The highest BCUT2D eigenvalue weighted by Crippen LogP contribution is 2.29. The zero-order valence-corrected chi connectivity index (χ0v) is 16.2. The van der Waals surface area contributed by atoms with Crippen LogP contribution in [0.4, 0.5) is 0 Å². The van der Waals surface area contributed by atoms with Crippen molar-refractivity contribution in [2.24, 2.45) is 0 Å². The van der Waals surface area contributed by atoms with Gasteiger partial charge in [0.1, 0.15) is 30.5 Å². The molecule has 1 saturated heterocycles. The van der Waals surface area contributed by atoms with E-state index in [1.165, 1.54) is 5.56 Å². The van der Waals surface area contributed by atoms with Crippen LogP contribution in [0.25, 0.3) is 0 Å². The van der Waals surface area contributed by atoms with Crippen molar-refractivity contribution in [2.45, 2.75) is 57.2 Å². The molecule has 1 heterocycles. The summed E-state index contributed by atoms with van der Waals surface area (Å²) in [6, 6.07) is 8.33. The summed E-state index contributed by atoms with van der Waals surface area (Å²) < 4.78 is 5.67. The summed E-state index contributed by atoms with van der Waals surface area (Å²) in [5, 5.41) is 39.8. The maximum Gasteiger partial charge on any atom is 0.126 e. The van der Waals surface area contributed by atoms with Crippen LogP contribution in [0.5, 0.6) is 0 Å². The maximum atomic E-state index is 10.4. The number of allylic oxidation sites excluding steroid dienone is 2. The quantitative estimate of drug-likeness (QED) is 0.566. The van der Waals surface area contributed by atoms with E-state index in [1.807, 2.05) is 11.9 Å². The van der Waals surface area contributed by atoms with Gasteiger partial charge < -0.3 is 30.1 Å². The van der Waals surface area contributed by atoms with Gasteiger partial charge in [-0.05, 0) is 24.5 Å². The number of likely N-dealkylation sites (N-methyl/N-ethyl adjacent to an activating group) is 1. The van der Waals surface area contributed by atoms with E-state index in [0.717, 1.165) is 17.7 Å². The van der Waals surface area contributed by atoms with Gasteiger partial charge in [0.15, 0.2) is 0 Å². The topological polar surface area (TPSA) is 93.4 Å². The molecule has 4 N–H and O–H groups in total. The Bertz CT molecular complexity index is 655. The Hall–Kier alpha value is -1.70. The number of aliphatic hydroxyl groups excluding tert-OH is 4. The van der Waals surface area contributed by atoms with Crippen molar-refractivity contribution in [1.29, 1.82) is 0 Å². The van der Waals surface area contributed by atoms with Crippen LogP contribution in [0.15, 0.2) is 48.3 Å². The van der Waals surface area contributed by atoms with Crippen LogP contribution in [0.3, 0.4) is 0 Å². The number of nitrogens with zero attached hydrogens (tertiary/aromatic N) is 1. The molecule has 6 heteroatoms. The van der Waals surface area contributed by atoms with Crippen LogP contribution in [0.1, 0.15) is 25.0 Å². The van der Waals surface area contributed by atoms with Gasteiger partial charge in [-0.3, -0.25) is 0 Å². The second-order valence-electron chi connectivity index (χ2n) is 6.94. The largest absolute Gasteiger partial charge is 0.394 e. The second kappa shape index (κ2) is 9.48. The molecule has 1 fully saturated rings. The lowest BCUT2D eigenvalue weighted by Crippen LogP contribution is -2.59. The lowest BCUT2D eigenvalue weighted by atomic mass is 9.92. The molecule has 27 heavy (non-hydrogen) atoms. The van der Waals surface area contributed by atoms with Crippen LogP contribution in [-0.2, 0) is 17.6 Å². The first-order chi connectivity index (χ1) is 12.8. The summed E-state index contributed by atoms with van der Waals surface area (Å²) >= 11 is 0. The highest BCUT2D eigenvalue weighted by Gasteiger charge is 2.45. The molecule has 0 amide bonds. The van der Waals surface area contributed by atoms with Crippen LogP contribution in [-0.4, -0.2) is 69.5 Å². The fraction of sp³-hybridized carbons (Fsp3) is 0.524. The number of aryl methyl sites for hydroxylation is 1. The lowest BCUT2D eigenvalue weighted by molar-refractivity contribution is -0.222. The van der Waals surface area contributed by atoms with Gasteiger partial charge in [0, 0.05) is 24.9 Å². The Morgan fingerprint density at radius 3 is 2.22 bits per heavy atom. The molecule has 2 rings (SSSR count). The predicted octanol–water partition coefficient (Wildman–Crippen LogP) is 0.983. The predicted molar refractivity (Wildman–Crippen MR) is 104 cm³/mol. The zero-order chi connectivity index (χ0) is 20.1. The summed E-state index contributed by atoms with van der Waals surface area (Å²) in [7, 11) is 1.82. The summed E-state index contributed by atoms with van der Waals surface area (Å²) in [4.78, 5) is 1.82.